The minimum absolute atomic E-state index is 0.762. The smallest absolute Gasteiger partial charge is 0.191 e. The molecule has 5 nitrogen and oxygen atoms in total. The molecule has 2 aromatic heterocycles. The molecule has 2 heterocycles. The van der Waals surface area contributed by atoms with E-state index in [-0.39, 0.29) is 0 Å². The Morgan fingerprint density at radius 3 is 2.69 bits per heavy atom. The molecule has 4 aromatic rings. The van der Waals surface area contributed by atoms with Crippen molar-refractivity contribution >= 4 is 23.1 Å². The normalized spacial score (nSPS) is 11.0. The lowest BCUT2D eigenvalue weighted by Crippen LogP contribution is -2.00. The van der Waals surface area contributed by atoms with Crippen LogP contribution in [0.3, 0.4) is 0 Å². The molecule has 0 bridgehead atoms. The zero-order chi connectivity index (χ0) is 20.2. The Balaban J connectivity index is 1.51. The first-order valence-corrected chi connectivity index (χ1v) is 11.3. The minimum atomic E-state index is 0.762. The summed E-state index contributed by atoms with van der Waals surface area (Å²) in [5.41, 5.74) is 4.48. The van der Waals surface area contributed by atoms with Gasteiger partial charge < -0.3 is 9.30 Å². The number of thiazole rings is 1. The zero-order valence-corrected chi connectivity index (χ0v) is 18.3. The maximum absolute atomic E-state index is 5.34. The summed E-state index contributed by atoms with van der Waals surface area (Å²) in [5, 5.41) is 12.9. The monoisotopic (exact) mass is 422 g/mol. The van der Waals surface area contributed by atoms with Crippen LogP contribution in [0.1, 0.15) is 18.2 Å². The van der Waals surface area contributed by atoms with Crippen molar-refractivity contribution in [1.29, 1.82) is 0 Å². The van der Waals surface area contributed by atoms with E-state index < -0.39 is 0 Å². The van der Waals surface area contributed by atoms with Gasteiger partial charge in [-0.2, -0.15) is 0 Å². The van der Waals surface area contributed by atoms with Gasteiger partial charge in [-0.1, -0.05) is 47.7 Å². The minimum Gasteiger partial charge on any atom is -0.497 e. The van der Waals surface area contributed by atoms with Gasteiger partial charge in [0, 0.05) is 28.8 Å². The van der Waals surface area contributed by atoms with Crippen molar-refractivity contribution in [2.24, 2.45) is 0 Å². The van der Waals surface area contributed by atoms with Gasteiger partial charge in [-0.05, 0) is 32.0 Å². The molecule has 0 amide bonds. The molecule has 0 radical (unpaired) electrons. The fraction of sp³-hybridized carbons (Fsp3) is 0.227. The van der Waals surface area contributed by atoms with E-state index >= 15 is 0 Å². The van der Waals surface area contributed by atoms with Gasteiger partial charge in [0.2, 0.25) is 0 Å². The molecule has 0 aliphatic carbocycles. The van der Waals surface area contributed by atoms with Crippen molar-refractivity contribution < 1.29 is 4.74 Å². The summed E-state index contributed by atoms with van der Waals surface area (Å²) in [6.07, 6.45) is 0. The number of ether oxygens (including phenoxy) is 1. The van der Waals surface area contributed by atoms with Crippen LogP contribution >= 0.6 is 23.1 Å². The van der Waals surface area contributed by atoms with Gasteiger partial charge in [-0.15, -0.1) is 21.5 Å². The quantitative estimate of drug-likeness (QED) is 0.358. The Labute approximate surface area is 178 Å². The van der Waals surface area contributed by atoms with Crippen molar-refractivity contribution in [3.63, 3.8) is 0 Å². The summed E-state index contributed by atoms with van der Waals surface area (Å²) >= 11 is 3.35. The second-order valence-electron chi connectivity index (χ2n) is 6.58. The Kier molecular flexibility index (Phi) is 5.97. The molecule has 0 atom stereocenters. The highest BCUT2D eigenvalue weighted by Gasteiger charge is 2.15. The standard InChI is InChI=1S/C22H22N4OS2/c1-4-26-20(16-8-6-10-19(12-16)27-3)24-25-22(26)29-14-18-13-28-21(23-18)17-9-5-7-15(2)11-17/h5-13H,4,14H2,1-3H3. The number of rotatable bonds is 7. The number of thioether (sulfide) groups is 1. The van der Waals surface area contributed by atoms with Crippen molar-refractivity contribution in [2.75, 3.05) is 7.11 Å². The molecule has 29 heavy (non-hydrogen) atoms. The number of benzene rings is 2. The van der Waals surface area contributed by atoms with E-state index in [1.807, 2.05) is 24.3 Å². The SMILES string of the molecule is CCn1c(SCc2csc(-c3cccc(C)c3)n2)nnc1-c1cccc(OC)c1. The molecular formula is C22H22N4OS2. The van der Waals surface area contributed by atoms with Gasteiger partial charge in [0.05, 0.1) is 12.8 Å². The largest absolute Gasteiger partial charge is 0.497 e. The average molecular weight is 423 g/mol. The summed E-state index contributed by atoms with van der Waals surface area (Å²) < 4.78 is 7.47. The van der Waals surface area contributed by atoms with Gasteiger partial charge in [-0.25, -0.2) is 4.98 Å². The number of methoxy groups -OCH3 is 1. The fourth-order valence-corrected chi connectivity index (χ4v) is 4.90. The van der Waals surface area contributed by atoms with Crippen LogP contribution in [0, 0.1) is 6.92 Å². The summed E-state index contributed by atoms with van der Waals surface area (Å²) in [4.78, 5) is 4.80. The lowest BCUT2D eigenvalue weighted by molar-refractivity contribution is 0.415. The highest BCUT2D eigenvalue weighted by molar-refractivity contribution is 7.98. The molecule has 0 unspecified atom stereocenters. The highest BCUT2D eigenvalue weighted by atomic mass is 32.2. The molecule has 4 rings (SSSR count). The van der Waals surface area contributed by atoms with E-state index in [1.54, 1.807) is 30.2 Å². The molecule has 7 heteroatoms. The second kappa shape index (κ2) is 8.80. The van der Waals surface area contributed by atoms with Crippen LogP contribution in [-0.2, 0) is 12.3 Å². The van der Waals surface area contributed by atoms with Crippen molar-refractivity contribution in [1.82, 2.24) is 19.7 Å². The van der Waals surface area contributed by atoms with E-state index in [2.05, 4.69) is 58.3 Å². The molecule has 0 saturated heterocycles. The Bertz CT molecular complexity index is 1120. The lowest BCUT2D eigenvalue weighted by atomic mass is 10.1. The first kappa shape index (κ1) is 19.7. The van der Waals surface area contributed by atoms with Crippen molar-refractivity contribution in [3.05, 3.63) is 65.2 Å². The van der Waals surface area contributed by atoms with Crippen LogP contribution in [0.15, 0.2) is 59.1 Å². The van der Waals surface area contributed by atoms with E-state index in [9.17, 15) is 0 Å². The van der Waals surface area contributed by atoms with Gasteiger partial charge in [0.15, 0.2) is 11.0 Å². The predicted molar refractivity (Wildman–Crippen MR) is 120 cm³/mol. The Morgan fingerprint density at radius 2 is 1.90 bits per heavy atom. The average Bonchev–Trinajstić information content (AvgIpc) is 3.39. The molecule has 0 N–H and O–H groups in total. The van der Waals surface area contributed by atoms with Crippen LogP contribution in [0.25, 0.3) is 22.0 Å². The predicted octanol–water partition coefficient (Wildman–Crippen LogP) is 5.70. The van der Waals surface area contributed by atoms with Crippen molar-refractivity contribution in [3.8, 4) is 27.7 Å². The molecular weight excluding hydrogens is 400 g/mol. The van der Waals surface area contributed by atoms with Crippen LogP contribution in [-0.4, -0.2) is 26.9 Å². The van der Waals surface area contributed by atoms with Gasteiger partial charge in [0.1, 0.15) is 10.8 Å². The number of hydrogen-bond acceptors (Lipinski definition) is 6. The first-order chi connectivity index (χ1) is 14.2. The van der Waals surface area contributed by atoms with Crippen LogP contribution in [0.5, 0.6) is 5.75 Å². The van der Waals surface area contributed by atoms with E-state index in [1.165, 1.54) is 11.1 Å². The molecule has 0 aliphatic rings. The second-order valence-corrected chi connectivity index (χ2v) is 8.39. The Hall–Kier alpha value is -2.64. The molecule has 148 valence electrons. The van der Waals surface area contributed by atoms with Crippen molar-refractivity contribution in [2.45, 2.75) is 31.3 Å². The maximum atomic E-state index is 5.34. The number of aryl methyl sites for hydroxylation is 1. The highest BCUT2D eigenvalue weighted by Crippen LogP contribution is 2.30. The van der Waals surface area contributed by atoms with Crippen LogP contribution in [0.2, 0.25) is 0 Å². The maximum Gasteiger partial charge on any atom is 0.191 e. The van der Waals surface area contributed by atoms with Crippen LogP contribution < -0.4 is 4.74 Å². The van der Waals surface area contributed by atoms with Gasteiger partial charge in [-0.3, -0.25) is 0 Å². The number of aromatic nitrogens is 4. The molecule has 0 fully saturated rings. The van der Waals surface area contributed by atoms with E-state index in [0.717, 1.165) is 45.3 Å². The third-order valence-electron chi connectivity index (χ3n) is 4.53. The summed E-state index contributed by atoms with van der Waals surface area (Å²) in [5.74, 6) is 2.43. The molecule has 2 aromatic carbocycles. The lowest BCUT2D eigenvalue weighted by Gasteiger charge is -2.08. The number of hydrogen-bond donors (Lipinski definition) is 0. The fourth-order valence-electron chi connectivity index (χ4n) is 3.08. The zero-order valence-electron chi connectivity index (χ0n) is 16.6. The number of nitrogens with zero attached hydrogens (tertiary/aromatic N) is 4. The van der Waals surface area contributed by atoms with E-state index in [0.29, 0.717) is 0 Å². The van der Waals surface area contributed by atoms with Gasteiger partial charge in [0.25, 0.3) is 0 Å². The molecule has 0 spiro atoms. The van der Waals surface area contributed by atoms with E-state index in [4.69, 9.17) is 9.72 Å². The molecule has 0 saturated carbocycles. The third-order valence-corrected chi connectivity index (χ3v) is 6.47. The topological polar surface area (TPSA) is 52.8 Å². The summed E-state index contributed by atoms with van der Waals surface area (Å²) in [6, 6.07) is 16.4. The van der Waals surface area contributed by atoms with Crippen LogP contribution in [0.4, 0.5) is 0 Å². The Morgan fingerprint density at radius 1 is 1.07 bits per heavy atom. The summed E-state index contributed by atoms with van der Waals surface area (Å²) in [6.45, 7) is 5.01. The first-order valence-electron chi connectivity index (χ1n) is 9.39. The third kappa shape index (κ3) is 4.36. The van der Waals surface area contributed by atoms with Gasteiger partial charge >= 0.3 is 0 Å². The summed E-state index contributed by atoms with van der Waals surface area (Å²) in [7, 11) is 1.67. The molecule has 0 aliphatic heterocycles.